The number of hydrogen-bond donors (Lipinski definition) is 2. The van der Waals surface area contributed by atoms with E-state index in [4.69, 9.17) is 38.0 Å². The number of methoxy groups -OCH3 is 1. The Morgan fingerprint density at radius 3 is 2.56 bits per heavy atom. The van der Waals surface area contributed by atoms with Gasteiger partial charge >= 0.3 is 0 Å². The third kappa shape index (κ3) is 4.10. The van der Waals surface area contributed by atoms with Gasteiger partial charge in [0.15, 0.2) is 22.3 Å². The molecule has 2 heterocycles. The normalized spacial score (nSPS) is 22.1. The first kappa shape index (κ1) is 24.2. The first-order valence-electron chi connectivity index (χ1n) is 11.6. The number of nitrogens with one attached hydrogen (secondary N) is 2. The number of hydrogen-bond acceptors (Lipinski definition) is 5. The van der Waals surface area contributed by atoms with Gasteiger partial charge in [0.1, 0.15) is 11.7 Å². The van der Waals surface area contributed by atoms with E-state index < -0.39 is 17.7 Å². The standard InChI is InChI=1S/C27H26ClN3O4S/c1-4-34-19-14-12-18(13-15-19)31-26(36)30-23-20-6-5-7-21(33-3)24(20)35-27(31,2)22(23)25(32)29-17-10-8-16(28)9-11-17/h5-15,22-23H,4H2,1-3H3,(H,29,32)(H,30,36)/t22-,23+,27+/m0/s1. The summed E-state index contributed by atoms with van der Waals surface area (Å²) in [6.07, 6.45) is 0. The molecule has 36 heavy (non-hydrogen) atoms. The highest BCUT2D eigenvalue weighted by Crippen LogP contribution is 2.52. The zero-order chi connectivity index (χ0) is 25.4. The maximum Gasteiger partial charge on any atom is 0.236 e. The van der Waals surface area contributed by atoms with Gasteiger partial charge in [0.25, 0.3) is 0 Å². The number of ether oxygens (including phenoxy) is 3. The van der Waals surface area contributed by atoms with Crippen LogP contribution in [0.15, 0.2) is 66.7 Å². The third-order valence-electron chi connectivity index (χ3n) is 6.51. The van der Waals surface area contributed by atoms with E-state index in [1.807, 2.05) is 61.2 Å². The van der Waals surface area contributed by atoms with Gasteiger partial charge in [0.2, 0.25) is 5.91 Å². The summed E-state index contributed by atoms with van der Waals surface area (Å²) in [5.74, 6) is 1.01. The summed E-state index contributed by atoms with van der Waals surface area (Å²) in [5.41, 5.74) is 1.03. The molecule has 2 aliphatic heterocycles. The molecule has 0 aromatic heterocycles. The molecular formula is C27H26ClN3O4S. The SMILES string of the molecule is CCOc1ccc(N2C(=S)N[C@@H]3c4cccc(OC)c4O[C@]2(C)[C@@H]3C(=O)Nc2ccc(Cl)cc2)cc1. The second-order valence-corrected chi connectivity index (χ2v) is 9.52. The third-order valence-corrected chi connectivity index (χ3v) is 7.06. The molecule has 1 saturated heterocycles. The van der Waals surface area contributed by atoms with E-state index in [1.165, 1.54) is 0 Å². The number of amides is 1. The predicted molar refractivity (Wildman–Crippen MR) is 144 cm³/mol. The lowest BCUT2D eigenvalue weighted by molar-refractivity contribution is -0.130. The maximum absolute atomic E-state index is 13.9. The Kier molecular flexibility index (Phi) is 6.40. The van der Waals surface area contributed by atoms with Gasteiger partial charge in [-0.15, -0.1) is 0 Å². The van der Waals surface area contributed by atoms with Crippen LogP contribution in [-0.4, -0.2) is 30.5 Å². The van der Waals surface area contributed by atoms with Crippen molar-refractivity contribution in [2.45, 2.75) is 25.6 Å². The van der Waals surface area contributed by atoms with Crippen LogP contribution in [0.3, 0.4) is 0 Å². The molecule has 1 fully saturated rings. The molecule has 0 spiro atoms. The van der Waals surface area contributed by atoms with Crippen molar-refractivity contribution >= 4 is 46.2 Å². The van der Waals surface area contributed by atoms with Crippen molar-refractivity contribution in [2.75, 3.05) is 23.9 Å². The van der Waals surface area contributed by atoms with Gasteiger partial charge in [0.05, 0.1) is 19.8 Å². The highest BCUT2D eigenvalue weighted by molar-refractivity contribution is 7.80. The van der Waals surface area contributed by atoms with Gasteiger partial charge < -0.3 is 24.8 Å². The minimum atomic E-state index is -1.17. The Bertz CT molecular complexity index is 1300. The van der Waals surface area contributed by atoms with Crippen molar-refractivity contribution in [3.05, 3.63) is 77.3 Å². The van der Waals surface area contributed by atoms with E-state index in [1.54, 1.807) is 31.4 Å². The van der Waals surface area contributed by atoms with E-state index in [0.29, 0.717) is 33.9 Å². The number of halogens is 1. The van der Waals surface area contributed by atoms with Crippen molar-refractivity contribution in [3.63, 3.8) is 0 Å². The predicted octanol–water partition coefficient (Wildman–Crippen LogP) is 5.55. The van der Waals surface area contributed by atoms with Crippen LogP contribution in [0, 0.1) is 5.92 Å². The zero-order valence-corrected chi connectivity index (χ0v) is 21.7. The highest BCUT2D eigenvalue weighted by Gasteiger charge is 2.59. The summed E-state index contributed by atoms with van der Waals surface area (Å²) in [7, 11) is 1.60. The molecule has 2 bridgehead atoms. The van der Waals surface area contributed by atoms with Crippen LogP contribution in [0.1, 0.15) is 25.5 Å². The summed E-state index contributed by atoms with van der Waals surface area (Å²) < 4.78 is 17.9. The van der Waals surface area contributed by atoms with Gasteiger partial charge in [-0.3, -0.25) is 9.69 Å². The number of carbonyl (C=O) groups excluding carboxylic acids is 1. The number of para-hydroxylation sites is 1. The molecule has 3 aromatic carbocycles. The molecule has 0 saturated carbocycles. The van der Waals surface area contributed by atoms with Crippen LogP contribution in [0.5, 0.6) is 17.2 Å². The van der Waals surface area contributed by atoms with E-state index in [9.17, 15) is 4.79 Å². The molecule has 1 amide bonds. The minimum absolute atomic E-state index is 0.218. The van der Waals surface area contributed by atoms with Crippen LogP contribution >= 0.6 is 23.8 Å². The lowest BCUT2D eigenvalue weighted by atomic mass is 9.78. The van der Waals surface area contributed by atoms with Crippen LogP contribution in [0.2, 0.25) is 5.02 Å². The Morgan fingerprint density at radius 2 is 1.89 bits per heavy atom. The fraction of sp³-hybridized carbons (Fsp3) is 0.259. The molecular weight excluding hydrogens is 498 g/mol. The maximum atomic E-state index is 13.9. The highest BCUT2D eigenvalue weighted by atomic mass is 35.5. The van der Waals surface area contributed by atoms with E-state index >= 15 is 0 Å². The van der Waals surface area contributed by atoms with E-state index in [-0.39, 0.29) is 5.91 Å². The number of anilines is 2. The van der Waals surface area contributed by atoms with Crippen LogP contribution in [0.4, 0.5) is 11.4 Å². The molecule has 0 aliphatic carbocycles. The average Bonchev–Trinajstić information content (AvgIpc) is 2.86. The van der Waals surface area contributed by atoms with Crippen LogP contribution in [0.25, 0.3) is 0 Å². The Labute approximate surface area is 220 Å². The number of nitrogens with zero attached hydrogens (tertiary/aromatic N) is 1. The summed E-state index contributed by atoms with van der Waals surface area (Å²) in [5, 5.41) is 7.47. The minimum Gasteiger partial charge on any atom is -0.494 e. The van der Waals surface area contributed by atoms with E-state index in [0.717, 1.165) is 17.0 Å². The van der Waals surface area contributed by atoms with Crippen molar-refractivity contribution in [2.24, 2.45) is 5.92 Å². The number of thiocarbonyl (C=S) groups is 1. The van der Waals surface area contributed by atoms with Gasteiger partial charge in [0, 0.05) is 22.0 Å². The molecule has 3 atom stereocenters. The summed E-state index contributed by atoms with van der Waals surface area (Å²) in [6, 6.07) is 19.7. The van der Waals surface area contributed by atoms with Crippen LogP contribution < -0.4 is 29.7 Å². The quantitative estimate of drug-likeness (QED) is 0.411. The van der Waals surface area contributed by atoms with Crippen molar-refractivity contribution in [1.82, 2.24) is 5.32 Å². The molecule has 186 valence electrons. The molecule has 2 aliphatic rings. The molecule has 2 N–H and O–H groups in total. The van der Waals surface area contributed by atoms with Crippen LogP contribution in [-0.2, 0) is 4.79 Å². The number of benzene rings is 3. The molecule has 5 rings (SSSR count). The topological polar surface area (TPSA) is 72.1 Å². The van der Waals surface area contributed by atoms with Gasteiger partial charge in [-0.25, -0.2) is 0 Å². The largest absolute Gasteiger partial charge is 0.494 e. The van der Waals surface area contributed by atoms with E-state index in [2.05, 4.69) is 10.6 Å². The molecule has 3 aromatic rings. The Hall–Kier alpha value is -3.49. The fourth-order valence-electron chi connectivity index (χ4n) is 4.93. The molecule has 0 unspecified atom stereocenters. The second-order valence-electron chi connectivity index (χ2n) is 8.70. The number of rotatable bonds is 6. The number of carbonyl (C=O) groups is 1. The molecule has 9 heteroatoms. The summed E-state index contributed by atoms with van der Waals surface area (Å²) in [4.78, 5) is 15.7. The number of fused-ring (bicyclic) bond motifs is 4. The van der Waals surface area contributed by atoms with Gasteiger partial charge in [-0.1, -0.05) is 23.7 Å². The summed E-state index contributed by atoms with van der Waals surface area (Å²) in [6.45, 7) is 4.38. The summed E-state index contributed by atoms with van der Waals surface area (Å²) >= 11 is 11.9. The zero-order valence-electron chi connectivity index (χ0n) is 20.1. The lowest BCUT2D eigenvalue weighted by Crippen LogP contribution is -2.72. The average molecular weight is 524 g/mol. The first-order chi connectivity index (χ1) is 17.4. The lowest BCUT2D eigenvalue weighted by Gasteiger charge is -2.56. The van der Waals surface area contributed by atoms with Crippen molar-refractivity contribution < 1.29 is 19.0 Å². The second kappa shape index (κ2) is 9.52. The molecule has 7 nitrogen and oxygen atoms in total. The van der Waals surface area contributed by atoms with Gasteiger partial charge in [-0.05, 0) is 80.7 Å². The molecule has 0 radical (unpaired) electrons. The van der Waals surface area contributed by atoms with Crippen molar-refractivity contribution in [1.29, 1.82) is 0 Å². The Morgan fingerprint density at radius 1 is 1.17 bits per heavy atom. The van der Waals surface area contributed by atoms with Crippen molar-refractivity contribution in [3.8, 4) is 17.2 Å². The fourth-order valence-corrected chi connectivity index (χ4v) is 5.47. The Balaban J connectivity index is 1.61. The smallest absolute Gasteiger partial charge is 0.236 e. The monoisotopic (exact) mass is 523 g/mol. The first-order valence-corrected chi connectivity index (χ1v) is 12.4. The van der Waals surface area contributed by atoms with Gasteiger partial charge in [-0.2, -0.15) is 0 Å².